The van der Waals surface area contributed by atoms with E-state index in [0.29, 0.717) is 6.54 Å². The van der Waals surface area contributed by atoms with Crippen molar-refractivity contribution in [3.8, 4) is 11.3 Å². The monoisotopic (exact) mass is 241 g/mol. The van der Waals surface area contributed by atoms with Gasteiger partial charge in [-0.1, -0.05) is 18.2 Å². The van der Waals surface area contributed by atoms with Crippen LogP contribution in [-0.2, 0) is 6.42 Å². The Morgan fingerprint density at radius 3 is 3.00 bits per heavy atom. The Morgan fingerprint density at radius 1 is 1.33 bits per heavy atom. The lowest BCUT2D eigenvalue weighted by Crippen LogP contribution is -2.04. The molecule has 0 unspecified atom stereocenters. The van der Waals surface area contributed by atoms with Crippen molar-refractivity contribution in [3.05, 3.63) is 42.0 Å². The molecule has 3 rings (SSSR count). The molecule has 4 nitrogen and oxygen atoms in total. The first-order chi connectivity index (χ1) is 8.79. The molecule has 2 aromatic heterocycles. The number of furan rings is 1. The largest absolute Gasteiger partial charge is 0.464 e. The van der Waals surface area contributed by atoms with E-state index in [4.69, 9.17) is 10.2 Å². The first-order valence-corrected chi connectivity index (χ1v) is 6.01. The van der Waals surface area contributed by atoms with Crippen molar-refractivity contribution in [1.82, 2.24) is 9.97 Å². The second-order valence-electron chi connectivity index (χ2n) is 4.33. The third-order valence-corrected chi connectivity index (χ3v) is 3.03. The van der Waals surface area contributed by atoms with E-state index >= 15 is 0 Å². The summed E-state index contributed by atoms with van der Waals surface area (Å²) in [7, 11) is 0. The van der Waals surface area contributed by atoms with Gasteiger partial charge in [-0.25, -0.2) is 4.98 Å². The fourth-order valence-electron chi connectivity index (χ4n) is 2.25. The molecule has 0 aliphatic carbocycles. The standard InChI is InChI=1S/C14H15N3O/c1-9-16-12(6-7-15)14(17-9)11-8-18-13-5-3-2-4-10(11)13/h2-5,8H,6-7,15H2,1H3,(H,16,17). The zero-order chi connectivity index (χ0) is 12.5. The molecule has 0 saturated heterocycles. The summed E-state index contributed by atoms with van der Waals surface area (Å²) in [5.41, 5.74) is 9.56. The van der Waals surface area contributed by atoms with Crippen LogP contribution in [0.4, 0.5) is 0 Å². The maximum atomic E-state index is 5.63. The van der Waals surface area contributed by atoms with E-state index in [-0.39, 0.29) is 0 Å². The van der Waals surface area contributed by atoms with Crippen LogP contribution >= 0.6 is 0 Å². The molecule has 0 amide bonds. The highest BCUT2D eigenvalue weighted by Crippen LogP contribution is 2.31. The Bertz CT molecular complexity index is 681. The van der Waals surface area contributed by atoms with Gasteiger partial charge in [-0.05, 0) is 19.5 Å². The molecule has 0 radical (unpaired) electrons. The fraction of sp³-hybridized carbons (Fsp3) is 0.214. The van der Waals surface area contributed by atoms with E-state index in [0.717, 1.165) is 40.2 Å². The summed E-state index contributed by atoms with van der Waals surface area (Å²) < 4.78 is 5.56. The van der Waals surface area contributed by atoms with Gasteiger partial charge in [-0.3, -0.25) is 0 Å². The Hall–Kier alpha value is -2.07. The number of aromatic amines is 1. The maximum absolute atomic E-state index is 5.63. The Kier molecular flexibility index (Phi) is 2.64. The minimum absolute atomic E-state index is 0.602. The van der Waals surface area contributed by atoms with Crippen LogP contribution in [0.5, 0.6) is 0 Å². The van der Waals surface area contributed by atoms with Crippen LogP contribution in [0.2, 0.25) is 0 Å². The molecule has 0 spiro atoms. The minimum atomic E-state index is 0.602. The van der Waals surface area contributed by atoms with E-state index in [9.17, 15) is 0 Å². The second kappa shape index (κ2) is 4.31. The lowest BCUT2D eigenvalue weighted by Gasteiger charge is -1.98. The number of hydrogen-bond donors (Lipinski definition) is 2. The smallest absolute Gasteiger partial charge is 0.134 e. The Morgan fingerprint density at radius 2 is 2.17 bits per heavy atom. The van der Waals surface area contributed by atoms with Crippen molar-refractivity contribution in [2.45, 2.75) is 13.3 Å². The summed E-state index contributed by atoms with van der Waals surface area (Å²) >= 11 is 0. The van der Waals surface area contributed by atoms with Gasteiger partial charge in [-0.15, -0.1) is 0 Å². The summed E-state index contributed by atoms with van der Waals surface area (Å²) in [4.78, 5) is 7.82. The number of aryl methyl sites for hydroxylation is 1. The number of imidazole rings is 1. The summed E-state index contributed by atoms with van der Waals surface area (Å²) in [6.45, 7) is 2.55. The third-order valence-electron chi connectivity index (χ3n) is 3.03. The van der Waals surface area contributed by atoms with Crippen molar-refractivity contribution >= 4 is 11.0 Å². The van der Waals surface area contributed by atoms with E-state index in [1.807, 2.05) is 31.2 Å². The van der Waals surface area contributed by atoms with Crippen LogP contribution in [0, 0.1) is 6.92 Å². The number of para-hydroxylation sites is 1. The molecular weight excluding hydrogens is 226 g/mol. The maximum Gasteiger partial charge on any atom is 0.134 e. The van der Waals surface area contributed by atoms with Gasteiger partial charge >= 0.3 is 0 Å². The van der Waals surface area contributed by atoms with Gasteiger partial charge in [-0.2, -0.15) is 0 Å². The summed E-state index contributed by atoms with van der Waals surface area (Å²) in [6, 6.07) is 7.97. The first-order valence-electron chi connectivity index (χ1n) is 6.01. The molecule has 0 atom stereocenters. The van der Waals surface area contributed by atoms with Crippen molar-refractivity contribution < 1.29 is 4.42 Å². The highest BCUT2D eigenvalue weighted by Gasteiger charge is 2.14. The van der Waals surface area contributed by atoms with Crippen molar-refractivity contribution in [2.24, 2.45) is 5.73 Å². The van der Waals surface area contributed by atoms with E-state index < -0.39 is 0 Å². The molecule has 0 saturated carbocycles. The van der Waals surface area contributed by atoms with Gasteiger partial charge < -0.3 is 15.1 Å². The number of nitrogens with two attached hydrogens (primary N) is 1. The second-order valence-corrected chi connectivity index (χ2v) is 4.33. The normalized spacial score (nSPS) is 11.2. The van der Waals surface area contributed by atoms with Gasteiger partial charge in [0.25, 0.3) is 0 Å². The van der Waals surface area contributed by atoms with Crippen molar-refractivity contribution in [1.29, 1.82) is 0 Å². The lowest BCUT2D eigenvalue weighted by molar-refractivity contribution is 0.616. The molecule has 2 heterocycles. The lowest BCUT2D eigenvalue weighted by atomic mass is 10.1. The summed E-state index contributed by atoms with van der Waals surface area (Å²) in [6.07, 6.45) is 2.55. The molecular formula is C14H15N3O. The Balaban J connectivity index is 2.19. The number of nitrogens with one attached hydrogen (secondary N) is 1. The van der Waals surface area contributed by atoms with Gasteiger partial charge in [0.1, 0.15) is 17.7 Å². The zero-order valence-electron chi connectivity index (χ0n) is 10.2. The molecule has 0 aliphatic heterocycles. The fourth-order valence-corrected chi connectivity index (χ4v) is 2.25. The van der Waals surface area contributed by atoms with Gasteiger partial charge in [0.15, 0.2) is 0 Å². The predicted molar refractivity (Wildman–Crippen MR) is 71.3 cm³/mol. The predicted octanol–water partition coefficient (Wildman–Crippen LogP) is 2.63. The number of nitrogens with zero attached hydrogens (tertiary/aromatic N) is 1. The van der Waals surface area contributed by atoms with E-state index in [1.165, 1.54) is 0 Å². The summed E-state index contributed by atoms with van der Waals surface area (Å²) in [5.74, 6) is 0.902. The van der Waals surface area contributed by atoms with Crippen molar-refractivity contribution in [3.63, 3.8) is 0 Å². The van der Waals surface area contributed by atoms with Crippen LogP contribution in [0.1, 0.15) is 11.5 Å². The number of aromatic nitrogens is 2. The average molecular weight is 241 g/mol. The quantitative estimate of drug-likeness (QED) is 0.740. The van der Waals surface area contributed by atoms with E-state index in [2.05, 4.69) is 9.97 Å². The summed E-state index contributed by atoms with van der Waals surface area (Å²) in [5, 5.41) is 1.09. The molecule has 0 aliphatic rings. The van der Waals surface area contributed by atoms with E-state index in [1.54, 1.807) is 6.26 Å². The highest BCUT2D eigenvalue weighted by atomic mass is 16.3. The molecule has 92 valence electrons. The highest BCUT2D eigenvalue weighted by molar-refractivity contribution is 5.93. The molecule has 3 aromatic rings. The molecule has 3 N–H and O–H groups in total. The van der Waals surface area contributed by atoms with Crippen LogP contribution in [0.25, 0.3) is 22.2 Å². The number of hydrogen-bond acceptors (Lipinski definition) is 3. The van der Waals surface area contributed by atoms with Gasteiger partial charge in [0.2, 0.25) is 0 Å². The van der Waals surface area contributed by atoms with Crippen LogP contribution in [0.15, 0.2) is 34.9 Å². The number of benzene rings is 1. The Labute approximate surface area is 105 Å². The van der Waals surface area contributed by atoms with Crippen LogP contribution in [-0.4, -0.2) is 16.5 Å². The van der Waals surface area contributed by atoms with Gasteiger partial charge in [0, 0.05) is 23.1 Å². The number of rotatable bonds is 3. The molecule has 0 fully saturated rings. The molecule has 0 bridgehead atoms. The average Bonchev–Trinajstić information content (AvgIpc) is 2.93. The third kappa shape index (κ3) is 1.71. The van der Waals surface area contributed by atoms with Gasteiger partial charge in [0.05, 0.1) is 5.69 Å². The van der Waals surface area contributed by atoms with Crippen LogP contribution in [0.3, 0.4) is 0 Å². The zero-order valence-corrected chi connectivity index (χ0v) is 10.2. The minimum Gasteiger partial charge on any atom is -0.464 e. The first kappa shape index (κ1) is 11.0. The molecule has 4 heteroatoms. The van der Waals surface area contributed by atoms with Crippen LogP contribution < -0.4 is 5.73 Å². The SMILES string of the molecule is Cc1nc(-c2coc3ccccc23)c(CCN)[nH]1. The number of H-pyrrole nitrogens is 1. The molecule has 1 aromatic carbocycles. The number of fused-ring (bicyclic) bond motifs is 1. The molecule has 18 heavy (non-hydrogen) atoms. The topological polar surface area (TPSA) is 67.8 Å². The van der Waals surface area contributed by atoms with Crippen molar-refractivity contribution in [2.75, 3.05) is 6.54 Å².